The summed E-state index contributed by atoms with van der Waals surface area (Å²) in [4.78, 5) is 25.0. The molecule has 0 aromatic heterocycles. The van der Waals surface area contributed by atoms with Gasteiger partial charge in [-0.3, -0.25) is 9.59 Å². The monoisotopic (exact) mass is 549 g/mol. The SMILES string of the molecule is COc1ccc(NC(=O)COc2c(Br)cc(/C=C(/C#N)C(=O)Nc3ccccc3C)cc2OC)cc1. The van der Waals surface area contributed by atoms with Crippen LogP contribution < -0.4 is 24.8 Å². The molecule has 0 atom stereocenters. The summed E-state index contributed by atoms with van der Waals surface area (Å²) in [5, 5.41) is 15.0. The van der Waals surface area contributed by atoms with Gasteiger partial charge in [0, 0.05) is 11.4 Å². The number of para-hydroxylation sites is 1. The van der Waals surface area contributed by atoms with Gasteiger partial charge in [-0.25, -0.2) is 0 Å². The van der Waals surface area contributed by atoms with Gasteiger partial charge in [0.15, 0.2) is 18.1 Å². The second kappa shape index (κ2) is 12.4. The Morgan fingerprint density at radius 2 is 1.75 bits per heavy atom. The number of nitriles is 1. The van der Waals surface area contributed by atoms with Crippen LogP contribution in [0.2, 0.25) is 0 Å². The molecule has 0 fully saturated rings. The molecule has 3 rings (SSSR count). The number of amides is 2. The van der Waals surface area contributed by atoms with Crippen molar-refractivity contribution in [2.45, 2.75) is 6.92 Å². The lowest BCUT2D eigenvalue weighted by atomic mass is 10.1. The first-order valence-electron chi connectivity index (χ1n) is 10.8. The van der Waals surface area contributed by atoms with E-state index in [1.807, 2.05) is 25.1 Å². The number of ether oxygens (including phenoxy) is 3. The molecule has 0 radical (unpaired) electrons. The number of carbonyl (C=O) groups excluding carboxylic acids is 2. The highest BCUT2D eigenvalue weighted by atomic mass is 79.9. The van der Waals surface area contributed by atoms with Crippen LogP contribution in [0.1, 0.15) is 11.1 Å². The lowest BCUT2D eigenvalue weighted by Gasteiger charge is -2.14. The summed E-state index contributed by atoms with van der Waals surface area (Å²) in [5.74, 6) is 0.418. The third-order valence-electron chi connectivity index (χ3n) is 5.04. The first-order valence-corrected chi connectivity index (χ1v) is 11.6. The number of carbonyl (C=O) groups is 2. The average molecular weight is 550 g/mol. The molecule has 0 unspecified atom stereocenters. The third kappa shape index (κ3) is 6.87. The molecule has 0 aliphatic heterocycles. The molecule has 0 bridgehead atoms. The van der Waals surface area contributed by atoms with E-state index in [1.54, 1.807) is 55.6 Å². The van der Waals surface area contributed by atoms with Gasteiger partial charge in [0.05, 0.1) is 18.7 Å². The topological polar surface area (TPSA) is 110 Å². The van der Waals surface area contributed by atoms with Crippen LogP contribution in [0.5, 0.6) is 17.2 Å². The quantitative estimate of drug-likeness (QED) is 0.275. The van der Waals surface area contributed by atoms with Gasteiger partial charge in [-0.15, -0.1) is 0 Å². The summed E-state index contributed by atoms with van der Waals surface area (Å²) in [7, 11) is 3.02. The molecule has 0 saturated carbocycles. The Balaban J connectivity index is 1.72. The number of aryl methyl sites for hydroxylation is 1. The van der Waals surface area contributed by atoms with E-state index in [0.717, 1.165) is 5.56 Å². The zero-order chi connectivity index (χ0) is 26.1. The van der Waals surface area contributed by atoms with Crippen molar-refractivity contribution in [1.29, 1.82) is 5.26 Å². The minimum absolute atomic E-state index is 0.0836. The summed E-state index contributed by atoms with van der Waals surface area (Å²) in [6.07, 6.45) is 1.45. The molecular formula is C27H24BrN3O5. The second-order valence-electron chi connectivity index (χ2n) is 7.54. The first kappa shape index (κ1) is 26.3. The van der Waals surface area contributed by atoms with Gasteiger partial charge in [0.25, 0.3) is 11.8 Å². The van der Waals surface area contributed by atoms with E-state index >= 15 is 0 Å². The van der Waals surface area contributed by atoms with E-state index in [1.165, 1.54) is 13.2 Å². The molecular weight excluding hydrogens is 526 g/mol. The van der Waals surface area contributed by atoms with Crippen molar-refractivity contribution in [1.82, 2.24) is 0 Å². The zero-order valence-electron chi connectivity index (χ0n) is 19.9. The number of hydrogen-bond donors (Lipinski definition) is 2. The van der Waals surface area contributed by atoms with Crippen molar-refractivity contribution in [2.24, 2.45) is 0 Å². The van der Waals surface area contributed by atoms with Crippen molar-refractivity contribution < 1.29 is 23.8 Å². The Morgan fingerprint density at radius 3 is 2.39 bits per heavy atom. The molecule has 0 heterocycles. The molecule has 0 aliphatic carbocycles. The van der Waals surface area contributed by atoms with Gasteiger partial charge in [0.1, 0.15) is 17.4 Å². The summed E-state index contributed by atoms with van der Waals surface area (Å²) in [6.45, 7) is 1.60. The minimum atomic E-state index is -0.530. The lowest BCUT2D eigenvalue weighted by molar-refractivity contribution is -0.118. The fourth-order valence-corrected chi connectivity index (χ4v) is 3.76. The number of methoxy groups -OCH3 is 2. The molecule has 184 valence electrons. The smallest absolute Gasteiger partial charge is 0.266 e. The van der Waals surface area contributed by atoms with Gasteiger partial charge in [-0.05, 0) is 82.5 Å². The number of halogens is 1. The van der Waals surface area contributed by atoms with Crippen LogP contribution in [0.3, 0.4) is 0 Å². The Hall–Kier alpha value is -4.29. The number of nitrogens with zero attached hydrogens (tertiary/aromatic N) is 1. The Kier molecular flexibility index (Phi) is 9.08. The maximum absolute atomic E-state index is 12.6. The van der Waals surface area contributed by atoms with Crippen molar-refractivity contribution in [3.63, 3.8) is 0 Å². The van der Waals surface area contributed by atoms with Crippen LogP contribution in [-0.2, 0) is 9.59 Å². The van der Waals surface area contributed by atoms with E-state index in [4.69, 9.17) is 14.2 Å². The van der Waals surface area contributed by atoms with Crippen LogP contribution in [0.25, 0.3) is 6.08 Å². The van der Waals surface area contributed by atoms with Crippen molar-refractivity contribution in [2.75, 3.05) is 31.5 Å². The molecule has 8 nitrogen and oxygen atoms in total. The Bertz CT molecular complexity index is 1330. The van der Waals surface area contributed by atoms with E-state index in [-0.39, 0.29) is 18.1 Å². The summed E-state index contributed by atoms with van der Waals surface area (Å²) in [6, 6.07) is 19.4. The highest BCUT2D eigenvalue weighted by molar-refractivity contribution is 9.10. The average Bonchev–Trinajstić information content (AvgIpc) is 2.88. The fraction of sp³-hybridized carbons (Fsp3) is 0.148. The number of hydrogen-bond acceptors (Lipinski definition) is 6. The largest absolute Gasteiger partial charge is 0.497 e. The van der Waals surface area contributed by atoms with E-state index < -0.39 is 5.91 Å². The number of nitrogens with one attached hydrogen (secondary N) is 2. The van der Waals surface area contributed by atoms with Crippen LogP contribution in [-0.4, -0.2) is 32.6 Å². The molecule has 2 amide bonds. The fourth-order valence-electron chi connectivity index (χ4n) is 3.19. The molecule has 9 heteroatoms. The van der Waals surface area contributed by atoms with Crippen molar-refractivity contribution >= 4 is 45.2 Å². The predicted molar refractivity (Wildman–Crippen MR) is 141 cm³/mol. The van der Waals surface area contributed by atoms with E-state index in [0.29, 0.717) is 38.7 Å². The molecule has 0 aliphatic rings. The van der Waals surface area contributed by atoms with Crippen molar-refractivity contribution in [3.8, 4) is 23.3 Å². The maximum Gasteiger partial charge on any atom is 0.266 e. The second-order valence-corrected chi connectivity index (χ2v) is 8.39. The van der Waals surface area contributed by atoms with Gasteiger partial charge >= 0.3 is 0 Å². The number of benzene rings is 3. The first-order chi connectivity index (χ1) is 17.3. The Labute approximate surface area is 217 Å². The molecule has 2 N–H and O–H groups in total. The normalized spacial score (nSPS) is 10.7. The molecule has 3 aromatic rings. The highest BCUT2D eigenvalue weighted by Gasteiger charge is 2.16. The van der Waals surface area contributed by atoms with Gasteiger partial charge in [0.2, 0.25) is 0 Å². The Morgan fingerprint density at radius 1 is 1.03 bits per heavy atom. The molecule has 3 aromatic carbocycles. The van der Waals surface area contributed by atoms with Gasteiger partial charge in [-0.2, -0.15) is 5.26 Å². The van der Waals surface area contributed by atoms with Crippen LogP contribution >= 0.6 is 15.9 Å². The van der Waals surface area contributed by atoms with Crippen LogP contribution in [0, 0.1) is 18.3 Å². The van der Waals surface area contributed by atoms with Gasteiger partial charge < -0.3 is 24.8 Å². The lowest BCUT2D eigenvalue weighted by Crippen LogP contribution is -2.20. The van der Waals surface area contributed by atoms with E-state index in [9.17, 15) is 14.9 Å². The standard InChI is InChI=1S/C27H24BrN3O5/c1-17-6-4-5-7-23(17)31-27(33)19(15-29)12-18-13-22(28)26(24(14-18)35-3)36-16-25(32)30-20-8-10-21(34-2)11-9-20/h4-14H,16H2,1-3H3,(H,30,32)(H,31,33)/b19-12-. The van der Waals surface area contributed by atoms with Gasteiger partial charge in [-0.1, -0.05) is 18.2 Å². The van der Waals surface area contributed by atoms with Crippen LogP contribution in [0.15, 0.2) is 70.7 Å². The summed E-state index contributed by atoms with van der Waals surface area (Å²) in [5.41, 5.74) is 2.55. The van der Waals surface area contributed by atoms with Crippen molar-refractivity contribution in [3.05, 3.63) is 81.8 Å². The summed E-state index contributed by atoms with van der Waals surface area (Å²) >= 11 is 3.42. The highest BCUT2D eigenvalue weighted by Crippen LogP contribution is 2.37. The summed E-state index contributed by atoms with van der Waals surface area (Å²) < 4.78 is 16.7. The molecule has 36 heavy (non-hydrogen) atoms. The minimum Gasteiger partial charge on any atom is -0.497 e. The predicted octanol–water partition coefficient (Wildman–Crippen LogP) is 5.34. The molecule has 0 saturated heterocycles. The maximum atomic E-state index is 12.6. The van der Waals surface area contributed by atoms with Crippen LogP contribution in [0.4, 0.5) is 11.4 Å². The number of anilines is 2. The third-order valence-corrected chi connectivity index (χ3v) is 5.63. The van der Waals surface area contributed by atoms with E-state index in [2.05, 4.69) is 26.6 Å². The number of rotatable bonds is 9. The molecule has 0 spiro atoms. The zero-order valence-corrected chi connectivity index (χ0v) is 21.5.